The Morgan fingerprint density at radius 2 is 1.77 bits per heavy atom. The molecule has 2 aromatic carbocycles. The van der Waals surface area contributed by atoms with Crippen molar-refractivity contribution in [3.8, 4) is 0 Å². The van der Waals surface area contributed by atoms with E-state index < -0.39 is 4.92 Å². The molecule has 0 saturated carbocycles. The molecule has 0 spiro atoms. The maximum absolute atomic E-state index is 12.0. The number of rotatable bonds is 5. The van der Waals surface area contributed by atoms with E-state index in [0.717, 1.165) is 4.90 Å². The molecule has 1 N–H and O–H groups in total. The van der Waals surface area contributed by atoms with Crippen LogP contribution in [0, 0.1) is 10.1 Å². The van der Waals surface area contributed by atoms with Gasteiger partial charge in [0.05, 0.1) is 16.4 Å². The van der Waals surface area contributed by atoms with E-state index in [4.69, 9.17) is 0 Å². The number of non-ortho nitro benzene ring substituents is 1. The molecule has 0 aliphatic carbocycles. The van der Waals surface area contributed by atoms with Crippen molar-refractivity contribution in [2.75, 3.05) is 11.1 Å². The van der Waals surface area contributed by atoms with Crippen LogP contribution in [0.15, 0.2) is 56.3 Å². The number of nitro groups is 1. The van der Waals surface area contributed by atoms with E-state index in [-0.39, 0.29) is 17.3 Å². The maximum atomic E-state index is 12.0. The Bertz CT molecular complexity index is 687. The van der Waals surface area contributed by atoms with Crippen LogP contribution in [0.2, 0.25) is 0 Å². The second-order valence-electron chi connectivity index (χ2n) is 4.19. The molecular formula is C14H10Br2N2O3S. The summed E-state index contributed by atoms with van der Waals surface area (Å²) in [6.45, 7) is 0. The zero-order valence-electron chi connectivity index (χ0n) is 11.1. The molecule has 0 bridgehead atoms. The van der Waals surface area contributed by atoms with E-state index in [1.807, 2.05) is 30.3 Å². The number of carbonyl (C=O) groups is 1. The van der Waals surface area contributed by atoms with E-state index in [0.29, 0.717) is 14.6 Å². The summed E-state index contributed by atoms with van der Waals surface area (Å²) >= 11 is 7.89. The van der Waals surface area contributed by atoms with Crippen LogP contribution in [0.25, 0.3) is 0 Å². The number of hydrogen-bond acceptors (Lipinski definition) is 4. The topological polar surface area (TPSA) is 72.2 Å². The average Bonchev–Trinajstić information content (AvgIpc) is 2.49. The number of nitrogens with one attached hydrogen (secondary N) is 1. The Balaban J connectivity index is 2.04. The van der Waals surface area contributed by atoms with Gasteiger partial charge < -0.3 is 5.32 Å². The van der Waals surface area contributed by atoms with Crippen LogP contribution in [0.4, 0.5) is 11.4 Å². The third kappa shape index (κ3) is 4.56. The molecule has 0 aliphatic heterocycles. The Labute approximate surface area is 147 Å². The van der Waals surface area contributed by atoms with E-state index in [9.17, 15) is 14.9 Å². The molecule has 2 aromatic rings. The zero-order valence-corrected chi connectivity index (χ0v) is 15.1. The number of hydrogen-bond donors (Lipinski definition) is 1. The fraction of sp³-hybridized carbons (Fsp3) is 0.0714. The molecule has 0 atom stereocenters. The second-order valence-corrected chi connectivity index (χ2v) is 6.95. The van der Waals surface area contributed by atoms with Gasteiger partial charge in [-0.15, -0.1) is 11.8 Å². The van der Waals surface area contributed by atoms with E-state index in [1.165, 1.54) is 23.9 Å². The van der Waals surface area contributed by atoms with Crippen molar-refractivity contribution in [1.29, 1.82) is 0 Å². The summed E-state index contributed by atoms with van der Waals surface area (Å²) in [5.74, 6) is 0.0592. The number of benzene rings is 2. The minimum absolute atomic E-state index is 0.0598. The molecule has 22 heavy (non-hydrogen) atoms. The fourth-order valence-electron chi connectivity index (χ4n) is 1.63. The number of nitrogens with zero attached hydrogens (tertiary/aromatic N) is 1. The third-order valence-corrected chi connectivity index (χ3v) is 4.88. The molecule has 2 rings (SSSR count). The van der Waals surface area contributed by atoms with Crippen molar-refractivity contribution >= 4 is 60.9 Å². The van der Waals surface area contributed by atoms with Crippen LogP contribution >= 0.6 is 43.6 Å². The largest absolute Gasteiger partial charge is 0.323 e. The van der Waals surface area contributed by atoms with Crippen molar-refractivity contribution in [3.63, 3.8) is 0 Å². The smallest absolute Gasteiger partial charge is 0.271 e. The summed E-state index contributed by atoms with van der Waals surface area (Å²) in [4.78, 5) is 23.3. The molecule has 1 amide bonds. The SMILES string of the molecule is O=C(CSc1ccccc1)Nc1c(Br)cc([N+](=O)[O-])cc1Br. The lowest BCUT2D eigenvalue weighted by molar-refractivity contribution is -0.385. The Kier molecular flexibility index (Phi) is 5.98. The monoisotopic (exact) mass is 444 g/mol. The average molecular weight is 446 g/mol. The van der Waals surface area contributed by atoms with Gasteiger partial charge in [-0.2, -0.15) is 0 Å². The maximum Gasteiger partial charge on any atom is 0.271 e. The summed E-state index contributed by atoms with van der Waals surface area (Å²) in [7, 11) is 0. The lowest BCUT2D eigenvalue weighted by atomic mass is 10.3. The summed E-state index contributed by atoms with van der Waals surface area (Å²) in [6, 6.07) is 12.3. The number of anilines is 1. The number of amides is 1. The van der Waals surface area contributed by atoms with Gasteiger partial charge in [-0.05, 0) is 44.0 Å². The van der Waals surface area contributed by atoms with Crippen molar-refractivity contribution in [1.82, 2.24) is 0 Å². The zero-order chi connectivity index (χ0) is 16.1. The molecule has 0 saturated heterocycles. The van der Waals surface area contributed by atoms with Crippen molar-refractivity contribution < 1.29 is 9.72 Å². The van der Waals surface area contributed by atoms with E-state index in [1.54, 1.807) is 0 Å². The van der Waals surface area contributed by atoms with E-state index >= 15 is 0 Å². The molecule has 0 fully saturated rings. The van der Waals surface area contributed by atoms with Crippen molar-refractivity contribution in [3.05, 3.63) is 61.5 Å². The van der Waals surface area contributed by atoms with Crippen LogP contribution < -0.4 is 5.32 Å². The van der Waals surface area contributed by atoms with Crippen LogP contribution in [0.1, 0.15) is 0 Å². The molecule has 0 unspecified atom stereocenters. The number of halogens is 2. The highest BCUT2D eigenvalue weighted by atomic mass is 79.9. The van der Waals surface area contributed by atoms with Crippen LogP contribution in [-0.4, -0.2) is 16.6 Å². The highest BCUT2D eigenvalue weighted by molar-refractivity contribution is 9.11. The standard InChI is InChI=1S/C14H10Br2N2O3S/c15-11-6-9(18(20)21)7-12(16)14(11)17-13(19)8-22-10-4-2-1-3-5-10/h1-7H,8H2,(H,17,19). The number of carbonyl (C=O) groups excluding carboxylic acids is 1. The van der Waals surface area contributed by atoms with Gasteiger partial charge in [0, 0.05) is 26.0 Å². The minimum atomic E-state index is -0.494. The second kappa shape index (κ2) is 7.75. The molecule has 8 heteroatoms. The van der Waals surface area contributed by atoms with Crippen LogP contribution in [0.3, 0.4) is 0 Å². The summed E-state index contributed by atoms with van der Waals surface area (Å²) in [6.07, 6.45) is 0. The predicted molar refractivity (Wildman–Crippen MR) is 94.3 cm³/mol. The molecule has 0 aliphatic rings. The normalized spacial score (nSPS) is 10.3. The summed E-state index contributed by atoms with van der Waals surface area (Å²) < 4.78 is 0.901. The first-order valence-electron chi connectivity index (χ1n) is 6.08. The van der Waals surface area contributed by atoms with Gasteiger partial charge in [0.1, 0.15) is 0 Å². The predicted octanol–water partition coefficient (Wildman–Crippen LogP) is 4.85. The van der Waals surface area contributed by atoms with Crippen molar-refractivity contribution in [2.24, 2.45) is 0 Å². The Morgan fingerprint density at radius 3 is 2.32 bits per heavy atom. The lowest BCUT2D eigenvalue weighted by Gasteiger charge is -2.09. The first kappa shape index (κ1) is 17.0. The van der Waals surface area contributed by atoms with Gasteiger partial charge in [0.2, 0.25) is 5.91 Å². The molecule has 0 radical (unpaired) electrons. The first-order chi connectivity index (χ1) is 10.5. The summed E-state index contributed by atoms with van der Waals surface area (Å²) in [5, 5.41) is 13.5. The highest BCUT2D eigenvalue weighted by Gasteiger charge is 2.15. The Morgan fingerprint density at radius 1 is 1.18 bits per heavy atom. The quantitative estimate of drug-likeness (QED) is 0.405. The molecule has 114 valence electrons. The fourth-order valence-corrected chi connectivity index (χ4v) is 3.71. The van der Waals surface area contributed by atoms with Gasteiger partial charge in [0.15, 0.2) is 0 Å². The van der Waals surface area contributed by atoms with E-state index in [2.05, 4.69) is 37.2 Å². The molecule has 0 aromatic heterocycles. The number of nitro benzene ring substituents is 1. The highest BCUT2D eigenvalue weighted by Crippen LogP contribution is 2.35. The lowest BCUT2D eigenvalue weighted by Crippen LogP contribution is -2.15. The number of thioether (sulfide) groups is 1. The van der Waals surface area contributed by atoms with Gasteiger partial charge >= 0.3 is 0 Å². The van der Waals surface area contributed by atoms with Crippen LogP contribution in [-0.2, 0) is 4.79 Å². The first-order valence-corrected chi connectivity index (χ1v) is 8.65. The molecular weight excluding hydrogens is 436 g/mol. The Hall–Kier alpha value is -1.38. The van der Waals surface area contributed by atoms with Gasteiger partial charge in [-0.1, -0.05) is 18.2 Å². The molecule has 5 nitrogen and oxygen atoms in total. The van der Waals surface area contributed by atoms with Gasteiger partial charge in [0.25, 0.3) is 5.69 Å². The van der Waals surface area contributed by atoms with Crippen molar-refractivity contribution in [2.45, 2.75) is 4.90 Å². The third-order valence-electron chi connectivity index (χ3n) is 2.62. The summed E-state index contributed by atoms with van der Waals surface area (Å²) in [5.41, 5.74) is 0.416. The van der Waals surface area contributed by atoms with Crippen LogP contribution in [0.5, 0.6) is 0 Å². The van der Waals surface area contributed by atoms with Gasteiger partial charge in [-0.3, -0.25) is 14.9 Å². The minimum Gasteiger partial charge on any atom is -0.323 e. The molecule has 0 heterocycles. The van der Waals surface area contributed by atoms with Gasteiger partial charge in [-0.25, -0.2) is 0 Å².